The molecule has 148 valence electrons. The molecule has 0 fully saturated rings. The first-order valence-corrected chi connectivity index (χ1v) is 10.5. The maximum absolute atomic E-state index is 12.9. The van der Waals surface area contributed by atoms with Crippen LogP contribution in [-0.4, -0.2) is 5.97 Å². The summed E-state index contributed by atoms with van der Waals surface area (Å²) in [6.45, 7) is 8.67. The van der Waals surface area contributed by atoms with Crippen molar-refractivity contribution in [3.8, 4) is 0 Å². The molecule has 0 N–H and O–H groups in total. The number of benzene rings is 3. The van der Waals surface area contributed by atoms with Crippen molar-refractivity contribution in [2.75, 3.05) is 0 Å². The summed E-state index contributed by atoms with van der Waals surface area (Å²) in [6, 6.07) is 22.9. The summed E-state index contributed by atoms with van der Waals surface area (Å²) >= 11 is 0. The maximum Gasteiger partial charge on any atom is 0.340 e. The molecule has 0 bridgehead atoms. The van der Waals surface area contributed by atoms with E-state index < -0.39 is 5.60 Å². The van der Waals surface area contributed by atoms with Gasteiger partial charge in [-0.15, -0.1) is 0 Å². The van der Waals surface area contributed by atoms with Gasteiger partial charge in [0.25, 0.3) is 0 Å². The molecule has 0 saturated carbocycles. The second kappa shape index (κ2) is 7.51. The molecule has 2 nitrogen and oxygen atoms in total. The molecule has 1 unspecified atom stereocenters. The van der Waals surface area contributed by atoms with E-state index >= 15 is 0 Å². The van der Waals surface area contributed by atoms with E-state index in [1.807, 2.05) is 24.3 Å². The Morgan fingerprint density at radius 1 is 0.931 bits per heavy atom. The van der Waals surface area contributed by atoms with Gasteiger partial charge in [0, 0.05) is 16.7 Å². The first-order valence-electron chi connectivity index (χ1n) is 10.5. The van der Waals surface area contributed by atoms with Gasteiger partial charge in [-0.25, -0.2) is 4.79 Å². The van der Waals surface area contributed by atoms with Crippen LogP contribution >= 0.6 is 0 Å². The zero-order valence-electron chi connectivity index (χ0n) is 17.7. The highest BCUT2D eigenvalue weighted by atomic mass is 16.6. The van der Waals surface area contributed by atoms with Gasteiger partial charge in [0.2, 0.25) is 0 Å². The van der Waals surface area contributed by atoms with Crippen LogP contribution in [0.15, 0.2) is 66.7 Å². The highest BCUT2D eigenvalue weighted by Gasteiger charge is 2.49. The summed E-state index contributed by atoms with van der Waals surface area (Å²) < 4.78 is 6.30. The van der Waals surface area contributed by atoms with Crippen LogP contribution in [0.4, 0.5) is 0 Å². The molecule has 1 atom stereocenters. The first kappa shape index (κ1) is 19.4. The number of cyclic esters (lactones) is 1. The van der Waals surface area contributed by atoms with Gasteiger partial charge < -0.3 is 4.74 Å². The minimum atomic E-state index is -0.910. The lowest BCUT2D eigenvalue weighted by Crippen LogP contribution is -2.31. The third kappa shape index (κ3) is 3.17. The van der Waals surface area contributed by atoms with Crippen molar-refractivity contribution in [1.29, 1.82) is 0 Å². The summed E-state index contributed by atoms with van der Waals surface area (Å²) in [4.78, 5) is 12.9. The minimum Gasteiger partial charge on any atom is -0.441 e. The van der Waals surface area contributed by atoms with Crippen molar-refractivity contribution < 1.29 is 9.53 Å². The highest BCUT2D eigenvalue weighted by Crippen LogP contribution is 2.48. The van der Waals surface area contributed by atoms with Gasteiger partial charge in [-0.3, -0.25) is 0 Å². The first-order chi connectivity index (χ1) is 14.0. The number of carbonyl (C=O) groups excluding carboxylic acids is 1. The van der Waals surface area contributed by atoms with E-state index in [1.165, 1.54) is 11.1 Å². The fraction of sp³-hybridized carbons (Fsp3) is 0.296. The van der Waals surface area contributed by atoms with Crippen LogP contribution in [-0.2, 0) is 16.8 Å². The largest absolute Gasteiger partial charge is 0.441 e. The predicted molar refractivity (Wildman–Crippen MR) is 117 cm³/mol. The minimum absolute atomic E-state index is 0.254. The molecule has 2 heteroatoms. The molecule has 0 amide bonds. The second-order valence-electron chi connectivity index (χ2n) is 8.30. The molecule has 0 aliphatic carbocycles. The average Bonchev–Trinajstić information content (AvgIpc) is 3.03. The maximum atomic E-state index is 12.9. The fourth-order valence-electron chi connectivity index (χ4n) is 4.40. The lowest BCUT2D eigenvalue weighted by molar-refractivity contribution is 0.0249. The van der Waals surface area contributed by atoms with Crippen molar-refractivity contribution in [2.45, 2.75) is 52.1 Å². The Bertz CT molecular complexity index is 1060. The number of rotatable bonds is 5. The summed E-state index contributed by atoms with van der Waals surface area (Å²) in [6.07, 6.45) is 2.08. The van der Waals surface area contributed by atoms with E-state index in [9.17, 15) is 4.79 Å². The highest BCUT2D eigenvalue weighted by molar-refractivity contribution is 5.96. The fourth-order valence-corrected chi connectivity index (χ4v) is 4.40. The van der Waals surface area contributed by atoms with Crippen molar-refractivity contribution in [1.82, 2.24) is 0 Å². The van der Waals surface area contributed by atoms with Crippen LogP contribution < -0.4 is 0 Å². The number of esters is 1. The molecule has 0 aromatic heterocycles. The zero-order valence-corrected chi connectivity index (χ0v) is 17.7. The Hall–Kier alpha value is -2.87. The van der Waals surface area contributed by atoms with Crippen LogP contribution in [0.1, 0.15) is 76.8 Å². The molecular formula is C27H28O2. The van der Waals surface area contributed by atoms with E-state index in [4.69, 9.17) is 4.74 Å². The molecule has 3 aromatic carbocycles. The summed E-state index contributed by atoms with van der Waals surface area (Å²) in [5.41, 5.74) is 6.39. The van der Waals surface area contributed by atoms with Crippen LogP contribution in [0, 0.1) is 6.92 Å². The van der Waals surface area contributed by atoms with Gasteiger partial charge in [0.05, 0.1) is 5.56 Å². The Labute approximate surface area is 173 Å². The van der Waals surface area contributed by atoms with Crippen molar-refractivity contribution in [3.05, 3.63) is 106 Å². The number of fused-ring (bicyclic) bond motifs is 1. The number of ether oxygens (including phenoxy) is 1. The Balaban J connectivity index is 2.05. The standard InChI is InChI=1S/C27H28O2/c1-5-9-20-15-14-19(4)25(16-20)27(22-11-8-10-21(17-22)18(2)3)24-13-7-6-12-23(24)26(28)29-27/h6-8,10-18H,5,9H2,1-4H3. The third-order valence-electron chi connectivity index (χ3n) is 5.95. The van der Waals surface area contributed by atoms with Gasteiger partial charge in [-0.2, -0.15) is 0 Å². The van der Waals surface area contributed by atoms with Gasteiger partial charge in [0.15, 0.2) is 5.60 Å². The topological polar surface area (TPSA) is 26.3 Å². The summed E-state index contributed by atoms with van der Waals surface area (Å²) in [5, 5.41) is 0. The lowest BCUT2D eigenvalue weighted by Gasteiger charge is -2.32. The van der Waals surface area contributed by atoms with Crippen LogP contribution in [0.2, 0.25) is 0 Å². The molecule has 1 aliphatic heterocycles. The van der Waals surface area contributed by atoms with Gasteiger partial charge in [-0.05, 0) is 42.0 Å². The summed E-state index contributed by atoms with van der Waals surface area (Å²) in [7, 11) is 0. The molecular weight excluding hydrogens is 356 g/mol. The second-order valence-corrected chi connectivity index (χ2v) is 8.30. The van der Waals surface area contributed by atoms with Gasteiger partial charge in [0.1, 0.15) is 0 Å². The number of hydrogen-bond donors (Lipinski definition) is 0. The predicted octanol–water partition coefficient (Wildman–Crippen LogP) is 6.53. The van der Waals surface area contributed by atoms with Crippen LogP contribution in [0.25, 0.3) is 0 Å². The van der Waals surface area contributed by atoms with Gasteiger partial charge in [-0.1, -0.05) is 87.9 Å². The molecule has 1 heterocycles. The molecule has 0 spiro atoms. The quantitative estimate of drug-likeness (QED) is 0.467. The monoisotopic (exact) mass is 384 g/mol. The van der Waals surface area contributed by atoms with Gasteiger partial charge >= 0.3 is 5.97 Å². The number of aryl methyl sites for hydroxylation is 2. The molecule has 0 saturated heterocycles. The van der Waals surface area contributed by atoms with Crippen LogP contribution in [0.5, 0.6) is 0 Å². The molecule has 3 aromatic rings. The smallest absolute Gasteiger partial charge is 0.340 e. The lowest BCUT2D eigenvalue weighted by atomic mass is 9.76. The molecule has 1 aliphatic rings. The summed E-state index contributed by atoms with van der Waals surface area (Å²) in [5.74, 6) is 0.141. The molecule has 29 heavy (non-hydrogen) atoms. The van der Waals surface area contributed by atoms with Crippen molar-refractivity contribution in [3.63, 3.8) is 0 Å². The molecule has 4 rings (SSSR count). The van der Waals surface area contributed by atoms with E-state index in [0.717, 1.165) is 35.1 Å². The van der Waals surface area contributed by atoms with E-state index in [0.29, 0.717) is 11.5 Å². The van der Waals surface area contributed by atoms with E-state index in [2.05, 4.69) is 70.2 Å². The van der Waals surface area contributed by atoms with E-state index in [-0.39, 0.29) is 5.97 Å². The molecule has 0 radical (unpaired) electrons. The number of hydrogen-bond acceptors (Lipinski definition) is 2. The SMILES string of the molecule is CCCc1ccc(C)c(C2(c3cccc(C(C)C)c3)OC(=O)c3ccccc32)c1. The number of carbonyl (C=O) groups is 1. The Morgan fingerprint density at radius 3 is 2.48 bits per heavy atom. The Morgan fingerprint density at radius 2 is 1.72 bits per heavy atom. The van der Waals surface area contributed by atoms with E-state index in [1.54, 1.807) is 0 Å². The van der Waals surface area contributed by atoms with Crippen molar-refractivity contribution in [2.24, 2.45) is 0 Å². The zero-order chi connectivity index (χ0) is 20.6. The van der Waals surface area contributed by atoms with Crippen LogP contribution in [0.3, 0.4) is 0 Å². The van der Waals surface area contributed by atoms with Crippen molar-refractivity contribution >= 4 is 5.97 Å². The Kier molecular flexibility index (Phi) is 5.04. The third-order valence-corrected chi connectivity index (χ3v) is 5.95. The average molecular weight is 385 g/mol. The normalized spacial score (nSPS) is 18.0.